The van der Waals surface area contributed by atoms with Gasteiger partial charge in [-0.25, -0.2) is 9.67 Å². The molecule has 0 fully saturated rings. The van der Waals surface area contributed by atoms with Crippen LogP contribution in [-0.4, -0.2) is 31.6 Å². The smallest absolute Gasteiger partial charge is 0.270 e. The summed E-state index contributed by atoms with van der Waals surface area (Å²) in [5, 5.41) is 16.0. The third-order valence-electron chi connectivity index (χ3n) is 3.60. The summed E-state index contributed by atoms with van der Waals surface area (Å²) in [4.78, 5) is 16.8. The fourth-order valence-corrected chi connectivity index (χ4v) is 2.58. The third-order valence-corrected chi connectivity index (χ3v) is 3.86. The minimum atomic E-state index is -0.430. The molecule has 3 aromatic rings. The Bertz CT molecular complexity index is 879. The number of aromatic nitrogens is 3. The molecule has 1 aromatic heterocycles. The van der Waals surface area contributed by atoms with E-state index in [1.165, 1.54) is 12.1 Å². The fourth-order valence-electron chi connectivity index (χ4n) is 2.45. The molecule has 0 amide bonds. The maximum atomic E-state index is 10.9. The molecule has 8 heteroatoms. The van der Waals surface area contributed by atoms with Gasteiger partial charge in [-0.2, -0.15) is 0 Å². The summed E-state index contributed by atoms with van der Waals surface area (Å²) in [6.07, 6.45) is 1.62. The second kappa shape index (κ2) is 7.42. The molecule has 2 aromatic carbocycles. The molecule has 0 aliphatic rings. The van der Waals surface area contributed by atoms with Crippen LogP contribution in [0.15, 0.2) is 54.9 Å². The quantitative estimate of drug-likeness (QED) is 0.497. The maximum absolute atomic E-state index is 10.9. The van der Waals surface area contributed by atoms with Crippen molar-refractivity contribution < 1.29 is 4.92 Å². The Morgan fingerprint density at radius 3 is 2.72 bits per heavy atom. The van der Waals surface area contributed by atoms with Crippen LogP contribution >= 0.6 is 11.6 Å². The molecule has 0 radical (unpaired) electrons. The van der Waals surface area contributed by atoms with Crippen molar-refractivity contribution in [2.75, 3.05) is 7.05 Å². The SMILES string of the molecule is CN(Cc1ccc(Cl)cc1)Cn1cnc(-c2cccc([N+](=O)[O-])c2)n1. The van der Waals surface area contributed by atoms with E-state index in [1.54, 1.807) is 23.1 Å². The van der Waals surface area contributed by atoms with Gasteiger partial charge in [-0.15, -0.1) is 5.10 Å². The number of nitro benzene ring substituents is 1. The highest BCUT2D eigenvalue weighted by molar-refractivity contribution is 6.30. The number of hydrogen-bond donors (Lipinski definition) is 0. The van der Waals surface area contributed by atoms with Gasteiger partial charge < -0.3 is 0 Å². The third kappa shape index (κ3) is 4.40. The van der Waals surface area contributed by atoms with Crippen LogP contribution in [0.3, 0.4) is 0 Å². The zero-order chi connectivity index (χ0) is 17.8. The number of nitrogens with zero attached hydrogens (tertiary/aromatic N) is 5. The average molecular weight is 358 g/mol. The summed E-state index contributed by atoms with van der Waals surface area (Å²) < 4.78 is 1.70. The van der Waals surface area contributed by atoms with Crippen LogP contribution in [0.4, 0.5) is 5.69 Å². The lowest BCUT2D eigenvalue weighted by Crippen LogP contribution is -2.21. The number of non-ortho nitro benzene ring substituents is 1. The van der Waals surface area contributed by atoms with Crippen LogP contribution in [0.25, 0.3) is 11.4 Å². The van der Waals surface area contributed by atoms with E-state index in [4.69, 9.17) is 11.6 Å². The molecule has 0 atom stereocenters. The van der Waals surface area contributed by atoms with Crippen molar-refractivity contribution >= 4 is 17.3 Å². The topological polar surface area (TPSA) is 77.1 Å². The van der Waals surface area contributed by atoms with Crippen molar-refractivity contribution in [2.24, 2.45) is 0 Å². The van der Waals surface area contributed by atoms with Gasteiger partial charge in [0.25, 0.3) is 5.69 Å². The Morgan fingerprint density at radius 1 is 1.24 bits per heavy atom. The maximum Gasteiger partial charge on any atom is 0.270 e. The van der Waals surface area contributed by atoms with Gasteiger partial charge in [0, 0.05) is 29.3 Å². The van der Waals surface area contributed by atoms with E-state index in [-0.39, 0.29) is 5.69 Å². The first-order chi connectivity index (χ1) is 12.0. The number of benzene rings is 2. The zero-order valence-electron chi connectivity index (χ0n) is 13.5. The molecule has 3 rings (SSSR count). The first kappa shape index (κ1) is 17.1. The Balaban J connectivity index is 1.68. The van der Waals surface area contributed by atoms with E-state index in [0.29, 0.717) is 23.1 Å². The first-order valence-electron chi connectivity index (χ1n) is 7.58. The van der Waals surface area contributed by atoms with Crippen LogP contribution < -0.4 is 0 Å². The monoisotopic (exact) mass is 357 g/mol. The molecule has 0 aliphatic carbocycles. The number of rotatable bonds is 6. The van der Waals surface area contributed by atoms with Crippen LogP contribution in [-0.2, 0) is 13.2 Å². The predicted molar refractivity (Wildman–Crippen MR) is 95.0 cm³/mol. The Labute approximate surface area is 149 Å². The van der Waals surface area contributed by atoms with Crippen LogP contribution in [0, 0.1) is 10.1 Å². The molecule has 0 saturated heterocycles. The van der Waals surface area contributed by atoms with Gasteiger partial charge in [-0.05, 0) is 24.7 Å². The molecule has 25 heavy (non-hydrogen) atoms. The second-order valence-corrected chi connectivity index (χ2v) is 6.13. The van der Waals surface area contributed by atoms with Gasteiger partial charge in [-0.1, -0.05) is 35.9 Å². The normalized spacial score (nSPS) is 11.0. The van der Waals surface area contributed by atoms with Crippen molar-refractivity contribution in [1.29, 1.82) is 0 Å². The van der Waals surface area contributed by atoms with Crippen molar-refractivity contribution in [1.82, 2.24) is 19.7 Å². The Kier molecular flexibility index (Phi) is 5.06. The van der Waals surface area contributed by atoms with E-state index < -0.39 is 4.92 Å². The molecule has 0 N–H and O–H groups in total. The Morgan fingerprint density at radius 2 is 2.00 bits per heavy atom. The molecule has 0 bridgehead atoms. The molecule has 7 nitrogen and oxygen atoms in total. The standard InChI is InChI=1S/C17H16ClN5O2/c1-21(10-13-5-7-15(18)8-6-13)12-22-11-19-17(20-22)14-3-2-4-16(9-14)23(24)25/h2-9,11H,10,12H2,1H3. The summed E-state index contributed by atoms with van der Waals surface area (Å²) >= 11 is 5.89. The first-order valence-corrected chi connectivity index (χ1v) is 7.96. The average Bonchev–Trinajstić information content (AvgIpc) is 3.05. The van der Waals surface area contributed by atoms with Crippen molar-refractivity contribution in [3.63, 3.8) is 0 Å². The van der Waals surface area contributed by atoms with Gasteiger partial charge in [-0.3, -0.25) is 15.0 Å². The van der Waals surface area contributed by atoms with Crippen molar-refractivity contribution in [2.45, 2.75) is 13.2 Å². The predicted octanol–water partition coefficient (Wildman–Crippen LogP) is 3.60. The van der Waals surface area contributed by atoms with Crippen molar-refractivity contribution in [3.8, 4) is 11.4 Å². The molecule has 1 heterocycles. The number of hydrogen-bond acceptors (Lipinski definition) is 5. The lowest BCUT2D eigenvalue weighted by atomic mass is 10.2. The van der Waals surface area contributed by atoms with E-state index >= 15 is 0 Å². The van der Waals surface area contributed by atoms with Crippen LogP contribution in [0.2, 0.25) is 5.02 Å². The minimum Gasteiger partial charge on any atom is -0.283 e. The van der Waals surface area contributed by atoms with Crippen LogP contribution in [0.5, 0.6) is 0 Å². The summed E-state index contributed by atoms with van der Waals surface area (Å²) in [6, 6.07) is 14.0. The van der Waals surface area contributed by atoms with Gasteiger partial charge in [0.1, 0.15) is 6.33 Å². The lowest BCUT2D eigenvalue weighted by molar-refractivity contribution is -0.384. The number of halogens is 1. The van der Waals surface area contributed by atoms with Gasteiger partial charge in [0.05, 0.1) is 11.6 Å². The minimum absolute atomic E-state index is 0.0220. The lowest BCUT2D eigenvalue weighted by Gasteiger charge is -2.16. The van der Waals surface area contributed by atoms with Crippen LogP contribution in [0.1, 0.15) is 5.56 Å². The largest absolute Gasteiger partial charge is 0.283 e. The second-order valence-electron chi connectivity index (χ2n) is 5.70. The molecule has 0 aliphatic heterocycles. The molecular weight excluding hydrogens is 342 g/mol. The summed E-state index contributed by atoms with van der Waals surface area (Å²) in [6.45, 7) is 1.29. The van der Waals surface area contributed by atoms with E-state index in [2.05, 4.69) is 15.0 Å². The highest BCUT2D eigenvalue weighted by Crippen LogP contribution is 2.20. The van der Waals surface area contributed by atoms with Crippen molar-refractivity contribution in [3.05, 3.63) is 75.6 Å². The Hall–Kier alpha value is -2.77. The molecule has 0 spiro atoms. The summed E-state index contributed by atoms with van der Waals surface area (Å²) in [5.41, 5.74) is 1.79. The van der Waals surface area contributed by atoms with E-state index in [0.717, 1.165) is 12.1 Å². The highest BCUT2D eigenvalue weighted by Gasteiger charge is 2.11. The van der Waals surface area contributed by atoms with Gasteiger partial charge in [0.2, 0.25) is 0 Å². The molecule has 0 saturated carbocycles. The molecule has 128 valence electrons. The molecule has 0 unspecified atom stereocenters. The fraction of sp³-hybridized carbons (Fsp3) is 0.176. The van der Waals surface area contributed by atoms with Gasteiger partial charge in [0.15, 0.2) is 5.82 Å². The zero-order valence-corrected chi connectivity index (χ0v) is 14.3. The molecular formula is C17H16ClN5O2. The summed E-state index contributed by atoms with van der Waals surface area (Å²) in [5.74, 6) is 0.462. The highest BCUT2D eigenvalue weighted by atomic mass is 35.5. The number of nitro groups is 1. The van der Waals surface area contributed by atoms with Gasteiger partial charge >= 0.3 is 0 Å². The van der Waals surface area contributed by atoms with E-state index in [9.17, 15) is 10.1 Å². The van der Waals surface area contributed by atoms with E-state index in [1.807, 2.05) is 31.3 Å². The summed E-state index contributed by atoms with van der Waals surface area (Å²) in [7, 11) is 1.98.